The molecule has 1 saturated carbocycles. The van der Waals surface area contributed by atoms with Crippen LogP contribution in [-0.4, -0.2) is 6.04 Å². The van der Waals surface area contributed by atoms with Gasteiger partial charge in [0.15, 0.2) is 0 Å². The molecule has 1 aliphatic carbocycles. The molecule has 1 aliphatic rings. The summed E-state index contributed by atoms with van der Waals surface area (Å²) >= 11 is 0. The van der Waals surface area contributed by atoms with E-state index in [9.17, 15) is 0 Å². The van der Waals surface area contributed by atoms with E-state index in [1.165, 1.54) is 32.1 Å². The maximum atomic E-state index is 6.05. The Morgan fingerprint density at radius 2 is 2.18 bits per heavy atom. The molecule has 0 aliphatic heterocycles. The molecule has 0 aromatic carbocycles. The first kappa shape index (κ1) is 9.05. The van der Waals surface area contributed by atoms with Gasteiger partial charge in [0.1, 0.15) is 0 Å². The molecular weight excluding hydrogens is 134 g/mol. The smallest absolute Gasteiger partial charge is 0.00671 e. The molecule has 1 nitrogen and oxygen atoms in total. The Morgan fingerprint density at radius 3 is 2.64 bits per heavy atom. The molecule has 1 rings (SSSR count). The summed E-state index contributed by atoms with van der Waals surface area (Å²) in [4.78, 5) is 0. The molecule has 2 unspecified atom stereocenters. The monoisotopic (exact) mass is 155 g/mol. The minimum atomic E-state index is 0.491. The van der Waals surface area contributed by atoms with E-state index in [1.54, 1.807) is 0 Å². The fourth-order valence-electron chi connectivity index (χ4n) is 2.21. The zero-order valence-electron chi connectivity index (χ0n) is 7.84. The van der Waals surface area contributed by atoms with E-state index in [1.807, 2.05) is 0 Å². The fraction of sp³-hybridized carbons (Fsp3) is 1.00. The van der Waals surface area contributed by atoms with E-state index < -0.39 is 0 Å². The Morgan fingerprint density at radius 1 is 1.45 bits per heavy atom. The average Bonchev–Trinajstić information content (AvgIpc) is 2.36. The molecule has 1 heteroatoms. The molecule has 0 heterocycles. The molecule has 0 saturated heterocycles. The maximum Gasteiger partial charge on any atom is 0.00671 e. The van der Waals surface area contributed by atoms with Gasteiger partial charge in [-0.2, -0.15) is 0 Å². The summed E-state index contributed by atoms with van der Waals surface area (Å²) in [6.07, 6.45) is 6.62. The van der Waals surface area contributed by atoms with E-state index in [2.05, 4.69) is 13.8 Å². The lowest BCUT2D eigenvalue weighted by molar-refractivity contribution is 0.395. The van der Waals surface area contributed by atoms with Crippen LogP contribution in [0.15, 0.2) is 0 Å². The van der Waals surface area contributed by atoms with Gasteiger partial charge in [0.25, 0.3) is 0 Å². The lowest BCUT2D eigenvalue weighted by Crippen LogP contribution is -2.28. The molecule has 0 aromatic heterocycles. The molecule has 0 aromatic rings. The SMILES string of the molecule is CCC[C@@H](N)C1CCC(C)C1. The topological polar surface area (TPSA) is 26.0 Å². The zero-order chi connectivity index (χ0) is 8.27. The Labute approximate surface area is 70.4 Å². The van der Waals surface area contributed by atoms with Crippen molar-refractivity contribution in [2.75, 3.05) is 0 Å². The second-order valence-corrected chi connectivity index (χ2v) is 4.13. The number of nitrogens with two attached hydrogens (primary N) is 1. The van der Waals surface area contributed by atoms with Crippen molar-refractivity contribution in [3.05, 3.63) is 0 Å². The summed E-state index contributed by atoms with van der Waals surface area (Å²) in [5.41, 5.74) is 6.05. The second kappa shape index (κ2) is 4.10. The molecule has 0 radical (unpaired) electrons. The summed E-state index contributed by atoms with van der Waals surface area (Å²) in [7, 11) is 0. The van der Waals surface area contributed by atoms with Crippen LogP contribution in [0.5, 0.6) is 0 Å². The lowest BCUT2D eigenvalue weighted by atomic mass is 9.94. The van der Waals surface area contributed by atoms with Gasteiger partial charge in [0, 0.05) is 6.04 Å². The molecule has 0 spiro atoms. The Bertz CT molecular complexity index is 111. The van der Waals surface area contributed by atoms with Crippen molar-refractivity contribution in [3.8, 4) is 0 Å². The summed E-state index contributed by atoms with van der Waals surface area (Å²) in [5, 5.41) is 0. The largest absolute Gasteiger partial charge is 0.327 e. The first-order valence-electron chi connectivity index (χ1n) is 4.99. The van der Waals surface area contributed by atoms with Crippen LogP contribution in [0.4, 0.5) is 0 Å². The fourth-order valence-corrected chi connectivity index (χ4v) is 2.21. The van der Waals surface area contributed by atoms with Gasteiger partial charge in [0.05, 0.1) is 0 Å². The first-order valence-corrected chi connectivity index (χ1v) is 4.99. The highest BCUT2D eigenvalue weighted by Crippen LogP contribution is 2.32. The van der Waals surface area contributed by atoms with Crippen LogP contribution in [0.25, 0.3) is 0 Å². The van der Waals surface area contributed by atoms with Crippen molar-refractivity contribution >= 4 is 0 Å². The average molecular weight is 155 g/mol. The maximum absolute atomic E-state index is 6.05. The number of hydrogen-bond donors (Lipinski definition) is 1. The van der Waals surface area contributed by atoms with E-state index in [4.69, 9.17) is 5.73 Å². The Hall–Kier alpha value is -0.0400. The molecule has 66 valence electrons. The third kappa shape index (κ3) is 2.48. The van der Waals surface area contributed by atoms with Crippen LogP contribution in [-0.2, 0) is 0 Å². The van der Waals surface area contributed by atoms with Crippen LogP contribution < -0.4 is 5.73 Å². The van der Waals surface area contributed by atoms with Gasteiger partial charge in [-0.3, -0.25) is 0 Å². The molecule has 11 heavy (non-hydrogen) atoms. The number of rotatable bonds is 3. The summed E-state index contributed by atoms with van der Waals surface area (Å²) < 4.78 is 0. The van der Waals surface area contributed by atoms with E-state index in [-0.39, 0.29) is 0 Å². The van der Waals surface area contributed by atoms with Gasteiger partial charge >= 0.3 is 0 Å². The third-order valence-electron chi connectivity index (χ3n) is 2.96. The van der Waals surface area contributed by atoms with E-state index in [0.717, 1.165) is 11.8 Å². The summed E-state index contributed by atoms with van der Waals surface area (Å²) in [6.45, 7) is 4.57. The van der Waals surface area contributed by atoms with Crippen LogP contribution in [0, 0.1) is 11.8 Å². The zero-order valence-corrected chi connectivity index (χ0v) is 7.84. The Kier molecular flexibility index (Phi) is 3.38. The predicted octanol–water partition coefficient (Wildman–Crippen LogP) is 2.55. The van der Waals surface area contributed by atoms with Crippen LogP contribution in [0.2, 0.25) is 0 Å². The standard InChI is InChI=1S/C10H21N/c1-3-4-10(11)9-6-5-8(2)7-9/h8-10H,3-7,11H2,1-2H3/t8?,9?,10-/m1/s1. The van der Waals surface area contributed by atoms with Crippen LogP contribution in [0.1, 0.15) is 46.0 Å². The van der Waals surface area contributed by atoms with Crippen molar-refractivity contribution in [1.82, 2.24) is 0 Å². The molecule has 0 bridgehead atoms. The first-order chi connectivity index (χ1) is 5.24. The van der Waals surface area contributed by atoms with Crippen molar-refractivity contribution < 1.29 is 0 Å². The minimum absolute atomic E-state index is 0.491. The number of hydrogen-bond acceptors (Lipinski definition) is 1. The predicted molar refractivity (Wildman–Crippen MR) is 49.4 cm³/mol. The van der Waals surface area contributed by atoms with Gasteiger partial charge in [-0.15, -0.1) is 0 Å². The molecule has 3 atom stereocenters. The van der Waals surface area contributed by atoms with Crippen LogP contribution >= 0.6 is 0 Å². The van der Waals surface area contributed by atoms with Gasteiger partial charge in [-0.25, -0.2) is 0 Å². The summed E-state index contributed by atoms with van der Waals surface area (Å²) in [6, 6.07) is 0.491. The van der Waals surface area contributed by atoms with Gasteiger partial charge in [-0.05, 0) is 31.1 Å². The van der Waals surface area contributed by atoms with Gasteiger partial charge in [0.2, 0.25) is 0 Å². The third-order valence-corrected chi connectivity index (χ3v) is 2.96. The highest BCUT2D eigenvalue weighted by Gasteiger charge is 2.25. The second-order valence-electron chi connectivity index (χ2n) is 4.13. The van der Waals surface area contributed by atoms with Crippen molar-refractivity contribution in [1.29, 1.82) is 0 Å². The van der Waals surface area contributed by atoms with Crippen molar-refractivity contribution in [2.45, 2.75) is 52.0 Å². The molecule has 0 amide bonds. The van der Waals surface area contributed by atoms with E-state index >= 15 is 0 Å². The van der Waals surface area contributed by atoms with Crippen molar-refractivity contribution in [3.63, 3.8) is 0 Å². The molecule has 1 fully saturated rings. The van der Waals surface area contributed by atoms with Gasteiger partial charge < -0.3 is 5.73 Å². The van der Waals surface area contributed by atoms with Gasteiger partial charge in [-0.1, -0.05) is 26.7 Å². The minimum Gasteiger partial charge on any atom is -0.327 e. The molecule has 2 N–H and O–H groups in total. The van der Waals surface area contributed by atoms with Crippen LogP contribution in [0.3, 0.4) is 0 Å². The van der Waals surface area contributed by atoms with Crippen molar-refractivity contribution in [2.24, 2.45) is 17.6 Å². The molecular formula is C10H21N. The highest BCUT2D eigenvalue weighted by atomic mass is 14.7. The highest BCUT2D eigenvalue weighted by molar-refractivity contribution is 4.80. The Balaban J connectivity index is 2.25. The lowest BCUT2D eigenvalue weighted by Gasteiger charge is -2.17. The van der Waals surface area contributed by atoms with E-state index in [0.29, 0.717) is 6.04 Å². The summed E-state index contributed by atoms with van der Waals surface area (Å²) in [5.74, 6) is 1.77. The quantitative estimate of drug-likeness (QED) is 0.666. The normalized spacial score (nSPS) is 34.1.